The minimum atomic E-state index is -0.0629. The molecule has 0 aliphatic carbocycles. The van der Waals surface area contributed by atoms with Crippen LogP contribution >= 0.6 is 11.3 Å². The van der Waals surface area contributed by atoms with E-state index >= 15 is 0 Å². The third kappa shape index (κ3) is 4.87. The number of amides is 1. The lowest BCUT2D eigenvalue weighted by atomic mass is 9.99. The first-order valence-electron chi connectivity index (χ1n) is 9.71. The molecule has 1 aromatic heterocycles. The van der Waals surface area contributed by atoms with Gasteiger partial charge >= 0.3 is 0 Å². The molecular weight excluding hydrogens is 398 g/mol. The van der Waals surface area contributed by atoms with Crippen LogP contribution in [0.15, 0.2) is 60.0 Å². The quantitative estimate of drug-likeness (QED) is 0.622. The number of thiazole rings is 1. The number of hydrogen-bond donors (Lipinski definition) is 2. The highest BCUT2D eigenvalue weighted by Gasteiger charge is 2.17. The first kappa shape index (κ1) is 20.1. The van der Waals surface area contributed by atoms with E-state index < -0.39 is 0 Å². The number of nitrogens with zero attached hydrogens (tertiary/aromatic N) is 2. The fraction of sp³-hybridized carbons (Fsp3) is 0.217. The van der Waals surface area contributed by atoms with Crippen molar-refractivity contribution in [1.29, 1.82) is 0 Å². The molecule has 7 heteroatoms. The molecule has 6 nitrogen and oxygen atoms in total. The molecule has 30 heavy (non-hydrogen) atoms. The van der Waals surface area contributed by atoms with E-state index in [2.05, 4.69) is 21.3 Å². The highest BCUT2D eigenvalue weighted by atomic mass is 32.1. The summed E-state index contributed by atoms with van der Waals surface area (Å²) < 4.78 is 5.18. The fourth-order valence-electron chi connectivity index (χ4n) is 3.38. The van der Waals surface area contributed by atoms with E-state index in [0.29, 0.717) is 11.7 Å². The number of phenolic OH excluding ortho intramolecular Hbond substituents is 1. The van der Waals surface area contributed by atoms with Gasteiger partial charge in [0.25, 0.3) is 0 Å². The number of aromatic hydroxyl groups is 1. The van der Waals surface area contributed by atoms with Crippen molar-refractivity contribution in [2.75, 3.05) is 32.1 Å². The summed E-state index contributed by atoms with van der Waals surface area (Å²) in [6.45, 7) is 1.87. The Morgan fingerprint density at radius 2 is 1.90 bits per heavy atom. The van der Waals surface area contributed by atoms with Gasteiger partial charge < -0.3 is 15.2 Å². The third-order valence-corrected chi connectivity index (χ3v) is 5.79. The maximum Gasteiger partial charge on any atom is 0.240 e. The summed E-state index contributed by atoms with van der Waals surface area (Å²) >= 11 is 1.42. The van der Waals surface area contributed by atoms with Crippen molar-refractivity contribution in [2.24, 2.45) is 0 Å². The maximum atomic E-state index is 12.4. The predicted molar refractivity (Wildman–Crippen MR) is 120 cm³/mol. The second-order valence-electron chi connectivity index (χ2n) is 7.08. The summed E-state index contributed by atoms with van der Waals surface area (Å²) in [7, 11) is 1.64. The molecule has 2 aromatic carbocycles. The topological polar surface area (TPSA) is 74.7 Å². The molecule has 0 saturated carbocycles. The summed E-state index contributed by atoms with van der Waals surface area (Å²) in [5.74, 6) is 1.00. The van der Waals surface area contributed by atoms with Gasteiger partial charge in [-0.15, -0.1) is 11.3 Å². The number of methoxy groups -OCH3 is 1. The lowest BCUT2D eigenvalue weighted by Crippen LogP contribution is -2.36. The van der Waals surface area contributed by atoms with E-state index in [4.69, 9.17) is 4.74 Å². The molecular formula is C23H23N3O3S. The minimum absolute atomic E-state index is 0.0629. The van der Waals surface area contributed by atoms with Crippen LogP contribution in [-0.4, -0.2) is 47.6 Å². The van der Waals surface area contributed by atoms with E-state index in [-0.39, 0.29) is 11.7 Å². The van der Waals surface area contributed by atoms with Crippen LogP contribution in [0.2, 0.25) is 0 Å². The number of phenols is 1. The Kier molecular flexibility index (Phi) is 6.11. The molecule has 3 aromatic rings. The van der Waals surface area contributed by atoms with Crippen LogP contribution in [0.3, 0.4) is 0 Å². The monoisotopic (exact) mass is 421 g/mol. The van der Waals surface area contributed by atoms with Crippen LogP contribution in [-0.2, 0) is 4.79 Å². The summed E-state index contributed by atoms with van der Waals surface area (Å²) in [5, 5.41) is 14.9. The highest BCUT2D eigenvalue weighted by Crippen LogP contribution is 2.27. The van der Waals surface area contributed by atoms with Gasteiger partial charge in [0.2, 0.25) is 5.91 Å². The Balaban J connectivity index is 1.31. The lowest BCUT2D eigenvalue weighted by molar-refractivity contribution is -0.117. The average Bonchev–Trinajstić information content (AvgIpc) is 3.23. The lowest BCUT2D eigenvalue weighted by Gasteiger charge is -2.25. The molecule has 1 amide bonds. The number of carbonyl (C=O) groups is 1. The molecule has 1 aliphatic heterocycles. The number of nitrogens with one attached hydrogen (secondary N) is 1. The van der Waals surface area contributed by atoms with Crippen molar-refractivity contribution in [3.8, 4) is 22.8 Å². The Bertz CT molecular complexity index is 1040. The average molecular weight is 422 g/mol. The zero-order valence-corrected chi connectivity index (χ0v) is 17.5. The number of aromatic nitrogens is 1. The van der Waals surface area contributed by atoms with E-state index in [1.165, 1.54) is 16.9 Å². The van der Waals surface area contributed by atoms with Crippen LogP contribution in [0.5, 0.6) is 11.5 Å². The standard InChI is InChI=1S/C23H23N3O3S/c1-29-20-8-4-18(5-9-20)21-15-30-23(24-21)25-22(28)14-26-12-10-17(11-13-26)16-2-6-19(27)7-3-16/h2-10,15,27H,11-14H2,1H3,(H,24,25,28). The van der Waals surface area contributed by atoms with Crippen molar-refractivity contribution in [2.45, 2.75) is 6.42 Å². The molecule has 2 N–H and O–H groups in total. The molecule has 0 saturated heterocycles. The van der Waals surface area contributed by atoms with Crippen LogP contribution in [0.4, 0.5) is 5.13 Å². The molecule has 0 unspecified atom stereocenters. The van der Waals surface area contributed by atoms with Crippen molar-refractivity contribution >= 4 is 27.9 Å². The van der Waals surface area contributed by atoms with Gasteiger partial charge in [0.15, 0.2) is 5.13 Å². The van der Waals surface area contributed by atoms with Crippen molar-refractivity contribution in [1.82, 2.24) is 9.88 Å². The molecule has 1 aliphatic rings. The molecule has 2 heterocycles. The summed E-state index contributed by atoms with van der Waals surface area (Å²) in [5.41, 5.74) is 4.18. The number of hydrogen-bond acceptors (Lipinski definition) is 6. The molecule has 4 rings (SSSR count). The maximum absolute atomic E-state index is 12.4. The minimum Gasteiger partial charge on any atom is -0.508 e. The Labute approximate surface area is 179 Å². The number of anilines is 1. The Morgan fingerprint density at radius 3 is 2.57 bits per heavy atom. The van der Waals surface area contributed by atoms with Crippen LogP contribution in [0.25, 0.3) is 16.8 Å². The van der Waals surface area contributed by atoms with Gasteiger partial charge in [-0.25, -0.2) is 4.98 Å². The molecule has 0 spiro atoms. The van der Waals surface area contributed by atoms with Gasteiger partial charge in [0.1, 0.15) is 11.5 Å². The van der Waals surface area contributed by atoms with Gasteiger partial charge in [-0.2, -0.15) is 0 Å². The summed E-state index contributed by atoms with van der Waals surface area (Å²) in [6.07, 6.45) is 3.02. The largest absolute Gasteiger partial charge is 0.508 e. The molecule has 154 valence electrons. The predicted octanol–water partition coefficient (Wildman–Crippen LogP) is 4.25. The Morgan fingerprint density at radius 1 is 1.17 bits per heavy atom. The highest BCUT2D eigenvalue weighted by molar-refractivity contribution is 7.14. The number of rotatable bonds is 6. The second-order valence-corrected chi connectivity index (χ2v) is 7.93. The van der Waals surface area contributed by atoms with Crippen LogP contribution in [0, 0.1) is 0 Å². The van der Waals surface area contributed by atoms with E-state index in [1.54, 1.807) is 19.2 Å². The molecule has 0 atom stereocenters. The summed E-state index contributed by atoms with van der Waals surface area (Å²) in [4.78, 5) is 19.1. The zero-order valence-electron chi connectivity index (χ0n) is 16.7. The first-order chi connectivity index (χ1) is 14.6. The zero-order chi connectivity index (χ0) is 20.9. The first-order valence-corrected chi connectivity index (χ1v) is 10.6. The number of carbonyl (C=O) groups excluding carboxylic acids is 1. The smallest absolute Gasteiger partial charge is 0.240 e. The van der Waals surface area contributed by atoms with Crippen LogP contribution in [0.1, 0.15) is 12.0 Å². The van der Waals surface area contributed by atoms with Crippen molar-refractivity contribution in [3.05, 3.63) is 65.6 Å². The van der Waals surface area contributed by atoms with Crippen LogP contribution < -0.4 is 10.1 Å². The van der Waals surface area contributed by atoms with Gasteiger partial charge in [-0.3, -0.25) is 9.69 Å². The Hall–Kier alpha value is -3.16. The number of benzene rings is 2. The van der Waals surface area contributed by atoms with E-state index in [9.17, 15) is 9.90 Å². The van der Waals surface area contributed by atoms with Gasteiger partial charge in [-0.1, -0.05) is 18.2 Å². The normalized spacial score (nSPS) is 14.2. The molecule has 0 radical (unpaired) electrons. The SMILES string of the molecule is COc1ccc(-c2csc(NC(=O)CN3CC=C(c4ccc(O)cc4)CC3)n2)cc1. The fourth-order valence-corrected chi connectivity index (χ4v) is 4.12. The van der Waals surface area contributed by atoms with Crippen molar-refractivity contribution in [3.63, 3.8) is 0 Å². The van der Waals surface area contributed by atoms with Gasteiger partial charge in [0, 0.05) is 24.0 Å². The van der Waals surface area contributed by atoms with E-state index in [1.807, 2.05) is 41.8 Å². The van der Waals surface area contributed by atoms with Gasteiger partial charge in [0.05, 0.1) is 19.3 Å². The number of ether oxygens (including phenoxy) is 1. The van der Waals surface area contributed by atoms with Gasteiger partial charge in [-0.05, 0) is 54.0 Å². The second kappa shape index (κ2) is 9.11. The molecule has 0 bridgehead atoms. The van der Waals surface area contributed by atoms with Crippen molar-refractivity contribution < 1.29 is 14.6 Å². The summed E-state index contributed by atoms with van der Waals surface area (Å²) in [6, 6.07) is 14.9. The molecule has 0 fully saturated rings. The third-order valence-electron chi connectivity index (χ3n) is 5.03. The van der Waals surface area contributed by atoms with E-state index in [0.717, 1.165) is 42.1 Å².